The molecule has 2 aromatic rings. The first-order valence-electron chi connectivity index (χ1n) is 7.07. The molecule has 0 atom stereocenters. The lowest BCUT2D eigenvalue weighted by Crippen LogP contribution is -2.29. The number of nitrogens with one attached hydrogen (secondary N) is 1. The first kappa shape index (κ1) is 12.5. The van der Waals surface area contributed by atoms with Gasteiger partial charge in [-0.25, -0.2) is 4.98 Å². The van der Waals surface area contributed by atoms with E-state index >= 15 is 0 Å². The summed E-state index contributed by atoms with van der Waals surface area (Å²) in [5, 5.41) is 3.50. The number of nitrogens with two attached hydrogens (primary N) is 1. The number of benzene rings is 1. The Morgan fingerprint density at radius 1 is 1.32 bits per heavy atom. The number of oxazole rings is 1. The summed E-state index contributed by atoms with van der Waals surface area (Å²) in [5.41, 5.74) is 8.82. The van der Waals surface area contributed by atoms with E-state index in [1.807, 2.05) is 19.1 Å². The quantitative estimate of drug-likeness (QED) is 0.889. The fourth-order valence-corrected chi connectivity index (χ4v) is 2.80. The maximum absolute atomic E-state index is 5.93. The smallest absolute Gasteiger partial charge is 0.192 e. The molecule has 0 saturated heterocycles. The minimum absolute atomic E-state index is 0.421. The molecule has 102 valence electrons. The fourth-order valence-electron chi connectivity index (χ4n) is 2.80. The van der Waals surface area contributed by atoms with E-state index in [4.69, 9.17) is 10.2 Å². The van der Waals surface area contributed by atoms with Gasteiger partial charge in [-0.1, -0.05) is 0 Å². The van der Waals surface area contributed by atoms with E-state index in [9.17, 15) is 0 Å². The highest BCUT2D eigenvalue weighted by molar-refractivity contribution is 5.77. The number of anilines is 1. The van der Waals surface area contributed by atoms with Crippen molar-refractivity contribution in [3.63, 3.8) is 0 Å². The van der Waals surface area contributed by atoms with Crippen LogP contribution >= 0.6 is 0 Å². The van der Waals surface area contributed by atoms with Crippen molar-refractivity contribution in [3.05, 3.63) is 24.1 Å². The second-order valence-corrected chi connectivity index (χ2v) is 5.58. The molecule has 0 amide bonds. The molecule has 0 spiro atoms. The van der Waals surface area contributed by atoms with Crippen molar-refractivity contribution in [3.8, 4) is 0 Å². The molecule has 3 rings (SSSR count). The van der Waals surface area contributed by atoms with Gasteiger partial charge in [0.05, 0.1) is 0 Å². The average molecular weight is 259 g/mol. The van der Waals surface area contributed by atoms with Crippen LogP contribution in [0.15, 0.2) is 22.6 Å². The van der Waals surface area contributed by atoms with Crippen molar-refractivity contribution >= 4 is 16.8 Å². The lowest BCUT2D eigenvalue weighted by Gasteiger charge is -2.26. The third-order valence-corrected chi connectivity index (χ3v) is 3.98. The molecule has 0 aliphatic heterocycles. The van der Waals surface area contributed by atoms with Gasteiger partial charge in [-0.05, 0) is 43.7 Å². The summed E-state index contributed by atoms with van der Waals surface area (Å²) < 4.78 is 5.55. The summed E-state index contributed by atoms with van der Waals surface area (Å²) in [5.74, 6) is 1.46. The van der Waals surface area contributed by atoms with E-state index in [1.165, 1.54) is 12.8 Å². The minimum Gasteiger partial charge on any atom is -0.441 e. The Bertz CT molecular complexity index is 556. The van der Waals surface area contributed by atoms with Crippen LogP contribution in [-0.4, -0.2) is 17.6 Å². The van der Waals surface area contributed by atoms with Gasteiger partial charge in [-0.15, -0.1) is 0 Å². The van der Waals surface area contributed by atoms with Crippen LogP contribution in [0.3, 0.4) is 0 Å². The highest BCUT2D eigenvalue weighted by atomic mass is 16.3. The molecule has 1 aliphatic rings. The monoisotopic (exact) mass is 259 g/mol. The topological polar surface area (TPSA) is 64.1 Å². The Morgan fingerprint density at radius 3 is 2.89 bits per heavy atom. The first-order chi connectivity index (χ1) is 9.20. The van der Waals surface area contributed by atoms with Crippen LogP contribution in [0.1, 0.15) is 31.6 Å². The minimum atomic E-state index is 0.421. The third-order valence-electron chi connectivity index (χ3n) is 3.98. The Hall–Kier alpha value is -1.55. The van der Waals surface area contributed by atoms with Gasteiger partial charge in [0, 0.05) is 31.3 Å². The van der Waals surface area contributed by atoms with Gasteiger partial charge in [-0.2, -0.15) is 0 Å². The van der Waals surface area contributed by atoms with Gasteiger partial charge in [0.2, 0.25) is 0 Å². The van der Waals surface area contributed by atoms with Crippen LogP contribution in [0.2, 0.25) is 0 Å². The number of hydrogen-bond donors (Lipinski definition) is 2. The predicted octanol–water partition coefficient (Wildman–Crippen LogP) is 3.07. The molecule has 3 N–H and O–H groups in total. The number of nitrogens with zero attached hydrogens (tertiary/aromatic N) is 1. The molecule has 1 aromatic carbocycles. The first-order valence-corrected chi connectivity index (χ1v) is 7.07. The molecule has 4 heteroatoms. The lowest BCUT2D eigenvalue weighted by atomic mass is 9.86. The molecule has 1 aromatic heterocycles. The molecule has 1 fully saturated rings. The van der Waals surface area contributed by atoms with Crippen LogP contribution in [0.4, 0.5) is 5.69 Å². The van der Waals surface area contributed by atoms with Crippen LogP contribution in [0, 0.1) is 12.8 Å². The predicted molar refractivity (Wildman–Crippen MR) is 77.2 cm³/mol. The summed E-state index contributed by atoms with van der Waals surface area (Å²) in [6, 6.07) is 6.53. The number of hydrogen-bond acceptors (Lipinski definition) is 4. The van der Waals surface area contributed by atoms with Crippen molar-refractivity contribution in [1.82, 2.24) is 4.98 Å². The zero-order valence-electron chi connectivity index (χ0n) is 11.4. The maximum Gasteiger partial charge on any atom is 0.192 e. The Morgan fingerprint density at radius 2 is 2.11 bits per heavy atom. The van der Waals surface area contributed by atoms with Crippen molar-refractivity contribution < 1.29 is 4.42 Å². The summed E-state index contributed by atoms with van der Waals surface area (Å²) in [6.45, 7) is 2.89. The van der Waals surface area contributed by atoms with Gasteiger partial charge in [-0.3, -0.25) is 0 Å². The number of aryl methyl sites for hydroxylation is 1. The Labute approximate surface area is 113 Å². The zero-order chi connectivity index (χ0) is 13.2. The SMILES string of the molecule is Cc1nc2ccc(NCC3CCC(N)CC3)cc2o1. The fraction of sp³-hybridized carbons (Fsp3) is 0.533. The van der Waals surface area contributed by atoms with Crippen LogP contribution in [0.25, 0.3) is 11.1 Å². The molecule has 0 radical (unpaired) electrons. The van der Waals surface area contributed by atoms with Gasteiger partial charge >= 0.3 is 0 Å². The largest absolute Gasteiger partial charge is 0.441 e. The normalized spacial score (nSPS) is 23.7. The third kappa shape index (κ3) is 2.89. The lowest BCUT2D eigenvalue weighted by molar-refractivity contribution is 0.339. The van der Waals surface area contributed by atoms with Crippen molar-refractivity contribution in [2.75, 3.05) is 11.9 Å². The average Bonchev–Trinajstić information content (AvgIpc) is 2.77. The van der Waals surface area contributed by atoms with Crippen LogP contribution < -0.4 is 11.1 Å². The van der Waals surface area contributed by atoms with Gasteiger partial charge < -0.3 is 15.5 Å². The highest BCUT2D eigenvalue weighted by Crippen LogP contribution is 2.25. The molecule has 1 heterocycles. The molecule has 1 saturated carbocycles. The van der Waals surface area contributed by atoms with E-state index in [1.54, 1.807) is 0 Å². The molecular formula is C15H21N3O. The van der Waals surface area contributed by atoms with E-state index < -0.39 is 0 Å². The maximum atomic E-state index is 5.93. The molecule has 0 unspecified atom stereocenters. The second-order valence-electron chi connectivity index (χ2n) is 5.58. The molecule has 4 nitrogen and oxygen atoms in total. The summed E-state index contributed by atoms with van der Waals surface area (Å²) >= 11 is 0. The van der Waals surface area contributed by atoms with Crippen LogP contribution in [-0.2, 0) is 0 Å². The molecule has 1 aliphatic carbocycles. The van der Waals surface area contributed by atoms with E-state index in [-0.39, 0.29) is 0 Å². The molecular weight excluding hydrogens is 238 g/mol. The van der Waals surface area contributed by atoms with Gasteiger partial charge in [0.15, 0.2) is 11.5 Å². The number of rotatable bonds is 3. The standard InChI is InChI=1S/C15H21N3O/c1-10-18-14-7-6-13(8-15(14)19-10)17-9-11-2-4-12(16)5-3-11/h6-8,11-12,17H,2-5,9,16H2,1H3. The van der Waals surface area contributed by atoms with Gasteiger partial charge in [0.25, 0.3) is 0 Å². The molecule has 0 bridgehead atoms. The number of fused-ring (bicyclic) bond motifs is 1. The highest BCUT2D eigenvalue weighted by Gasteiger charge is 2.18. The van der Waals surface area contributed by atoms with E-state index in [0.717, 1.165) is 42.1 Å². The van der Waals surface area contributed by atoms with Crippen molar-refractivity contribution in [1.29, 1.82) is 0 Å². The van der Waals surface area contributed by atoms with E-state index in [0.29, 0.717) is 11.9 Å². The Balaban J connectivity index is 1.61. The van der Waals surface area contributed by atoms with E-state index in [2.05, 4.69) is 16.4 Å². The van der Waals surface area contributed by atoms with Crippen molar-refractivity contribution in [2.45, 2.75) is 38.6 Å². The summed E-state index contributed by atoms with van der Waals surface area (Å²) in [7, 11) is 0. The number of aromatic nitrogens is 1. The van der Waals surface area contributed by atoms with Crippen LogP contribution in [0.5, 0.6) is 0 Å². The zero-order valence-corrected chi connectivity index (χ0v) is 11.4. The summed E-state index contributed by atoms with van der Waals surface area (Å²) in [4.78, 5) is 4.30. The van der Waals surface area contributed by atoms with Crippen molar-refractivity contribution in [2.24, 2.45) is 11.7 Å². The van der Waals surface area contributed by atoms with Gasteiger partial charge in [0.1, 0.15) is 5.52 Å². The summed E-state index contributed by atoms with van der Waals surface area (Å²) in [6.07, 6.45) is 4.79. The molecule has 19 heavy (non-hydrogen) atoms. The second kappa shape index (κ2) is 5.21. The Kier molecular flexibility index (Phi) is 3.42.